The molecule has 0 spiro atoms. The van der Waals surface area contributed by atoms with Gasteiger partial charge in [0.25, 0.3) is 0 Å². The number of rotatable bonds is 2. The highest BCUT2D eigenvalue weighted by Crippen LogP contribution is 2.31. The number of methoxy groups -OCH3 is 1. The van der Waals surface area contributed by atoms with Crippen molar-refractivity contribution in [2.75, 3.05) is 7.11 Å². The lowest BCUT2D eigenvalue weighted by atomic mass is 9.98. The zero-order valence-corrected chi connectivity index (χ0v) is 12.0. The van der Waals surface area contributed by atoms with E-state index in [4.69, 9.17) is 16.3 Å². The van der Waals surface area contributed by atoms with Crippen molar-refractivity contribution in [3.63, 3.8) is 0 Å². The molecule has 0 saturated heterocycles. The zero-order valence-electron chi connectivity index (χ0n) is 10.5. The van der Waals surface area contributed by atoms with Crippen LogP contribution in [0.15, 0.2) is 36.4 Å². The average Bonchev–Trinajstić information content (AvgIpc) is 2.95. The summed E-state index contributed by atoms with van der Waals surface area (Å²) in [7, 11) is 1.35. The van der Waals surface area contributed by atoms with Gasteiger partial charge in [-0.25, -0.2) is 4.79 Å². The summed E-state index contributed by atoms with van der Waals surface area (Å²) in [5.74, 6) is -0.428. The number of halogens is 1. The van der Waals surface area contributed by atoms with Crippen LogP contribution < -0.4 is 0 Å². The topological polar surface area (TPSA) is 52.1 Å². The lowest BCUT2D eigenvalue weighted by Gasteiger charge is -2.09. The first-order valence-corrected chi connectivity index (χ1v) is 6.91. The van der Waals surface area contributed by atoms with Crippen LogP contribution in [0.1, 0.15) is 10.4 Å². The van der Waals surface area contributed by atoms with Gasteiger partial charge in [-0.05, 0) is 23.8 Å². The highest BCUT2D eigenvalue weighted by Gasteiger charge is 2.16. The Morgan fingerprint density at radius 3 is 2.85 bits per heavy atom. The Labute approximate surface area is 124 Å². The maximum Gasteiger partial charge on any atom is 0.338 e. The van der Waals surface area contributed by atoms with E-state index in [2.05, 4.69) is 8.75 Å². The second kappa shape index (κ2) is 5.19. The molecule has 1 heterocycles. The van der Waals surface area contributed by atoms with Gasteiger partial charge in [0.1, 0.15) is 11.0 Å². The molecule has 0 amide bonds. The van der Waals surface area contributed by atoms with Crippen LogP contribution in [0.3, 0.4) is 0 Å². The molecule has 1 aromatic heterocycles. The lowest BCUT2D eigenvalue weighted by molar-refractivity contribution is 0.0601. The molecule has 2 aromatic carbocycles. The number of carbonyl (C=O) groups is 1. The summed E-state index contributed by atoms with van der Waals surface area (Å²) in [6.07, 6.45) is 0. The third-order valence-corrected chi connectivity index (χ3v) is 3.74. The highest BCUT2D eigenvalue weighted by molar-refractivity contribution is 7.00. The fourth-order valence-electron chi connectivity index (χ4n) is 2.05. The molecule has 4 nitrogen and oxygen atoms in total. The molecule has 0 unspecified atom stereocenters. The number of carbonyl (C=O) groups excluding carboxylic acids is 1. The minimum Gasteiger partial charge on any atom is -0.465 e. The molecule has 0 aliphatic heterocycles. The number of hydrogen-bond acceptors (Lipinski definition) is 5. The first-order chi connectivity index (χ1) is 9.70. The summed E-state index contributed by atoms with van der Waals surface area (Å²) in [5, 5.41) is 0.484. The number of esters is 1. The van der Waals surface area contributed by atoms with E-state index in [0.717, 1.165) is 33.9 Å². The lowest BCUT2D eigenvalue weighted by Crippen LogP contribution is -2.03. The van der Waals surface area contributed by atoms with Crippen molar-refractivity contribution in [1.82, 2.24) is 8.75 Å². The summed E-state index contributed by atoms with van der Waals surface area (Å²) in [6.45, 7) is 0. The molecular weight excluding hydrogens is 296 g/mol. The van der Waals surface area contributed by atoms with E-state index >= 15 is 0 Å². The summed E-state index contributed by atoms with van der Waals surface area (Å²) in [4.78, 5) is 11.9. The number of nitrogens with zero attached hydrogens (tertiary/aromatic N) is 2. The number of aromatic nitrogens is 2. The molecule has 0 atom stereocenters. The van der Waals surface area contributed by atoms with Crippen molar-refractivity contribution in [2.24, 2.45) is 0 Å². The van der Waals surface area contributed by atoms with Crippen LogP contribution in [0.5, 0.6) is 0 Å². The predicted molar refractivity (Wildman–Crippen MR) is 79.2 cm³/mol. The van der Waals surface area contributed by atoms with Crippen LogP contribution in [0.4, 0.5) is 0 Å². The monoisotopic (exact) mass is 304 g/mol. The fourth-order valence-corrected chi connectivity index (χ4v) is 2.78. The van der Waals surface area contributed by atoms with Gasteiger partial charge in [0, 0.05) is 10.6 Å². The van der Waals surface area contributed by atoms with Crippen molar-refractivity contribution in [2.45, 2.75) is 0 Å². The molecule has 0 N–H and O–H groups in total. The van der Waals surface area contributed by atoms with Gasteiger partial charge in [-0.1, -0.05) is 29.8 Å². The van der Waals surface area contributed by atoms with Gasteiger partial charge < -0.3 is 4.74 Å². The molecule has 3 aromatic rings. The largest absolute Gasteiger partial charge is 0.465 e. The maximum atomic E-state index is 11.9. The molecule has 0 aliphatic rings. The van der Waals surface area contributed by atoms with Gasteiger partial charge in [-0.3, -0.25) is 0 Å². The number of benzene rings is 2. The van der Waals surface area contributed by atoms with E-state index < -0.39 is 5.97 Å². The Morgan fingerprint density at radius 2 is 2.05 bits per heavy atom. The Balaban J connectivity index is 2.29. The molecule has 0 radical (unpaired) electrons. The van der Waals surface area contributed by atoms with Crippen molar-refractivity contribution in [1.29, 1.82) is 0 Å². The van der Waals surface area contributed by atoms with Crippen molar-refractivity contribution in [3.8, 4) is 11.1 Å². The molecule has 3 rings (SSSR count). The molecule has 20 heavy (non-hydrogen) atoms. The summed E-state index contributed by atoms with van der Waals surface area (Å²) < 4.78 is 13.3. The third-order valence-electron chi connectivity index (χ3n) is 2.96. The highest BCUT2D eigenvalue weighted by atomic mass is 35.5. The zero-order chi connectivity index (χ0) is 14.1. The van der Waals surface area contributed by atoms with Crippen LogP contribution in [0, 0.1) is 0 Å². The van der Waals surface area contributed by atoms with Crippen LogP contribution >= 0.6 is 23.3 Å². The normalized spacial score (nSPS) is 10.7. The Kier molecular flexibility index (Phi) is 3.38. The van der Waals surface area contributed by atoms with Crippen LogP contribution in [-0.4, -0.2) is 21.8 Å². The predicted octanol–water partition coefficient (Wildman–Crippen LogP) is 3.80. The van der Waals surface area contributed by atoms with Gasteiger partial charge in [0.05, 0.1) is 24.4 Å². The van der Waals surface area contributed by atoms with E-state index in [0.29, 0.717) is 10.6 Å². The standard InChI is InChI=1S/C14H9ClN2O2S/c1-19-14(18)11-7-8(15)5-6-9(11)10-3-2-4-12-13(10)17-20-16-12/h2-7H,1H3. The minimum atomic E-state index is -0.428. The number of fused-ring (bicyclic) bond motifs is 1. The molecular formula is C14H9ClN2O2S. The van der Waals surface area contributed by atoms with Crippen LogP contribution in [0.25, 0.3) is 22.2 Å². The number of ether oxygens (including phenoxy) is 1. The molecule has 100 valence electrons. The Hall–Kier alpha value is -1.98. The Bertz CT molecular complexity index is 801. The van der Waals surface area contributed by atoms with Crippen LogP contribution in [0.2, 0.25) is 5.02 Å². The molecule has 0 saturated carbocycles. The second-order valence-electron chi connectivity index (χ2n) is 4.12. The van der Waals surface area contributed by atoms with Gasteiger partial charge >= 0.3 is 5.97 Å². The van der Waals surface area contributed by atoms with E-state index in [1.807, 2.05) is 18.2 Å². The van der Waals surface area contributed by atoms with Gasteiger partial charge in [0.2, 0.25) is 0 Å². The molecule has 0 aliphatic carbocycles. The smallest absolute Gasteiger partial charge is 0.338 e. The first kappa shape index (κ1) is 13.0. The van der Waals surface area contributed by atoms with Gasteiger partial charge in [-0.15, -0.1) is 0 Å². The molecule has 6 heteroatoms. The Morgan fingerprint density at radius 1 is 1.20 bits per heavy atom. The van der Waals surface area contributed by atoms with Crippen molar-refractivity contribution in [3.05, 3.63) is 47.0 Å². The number of hydrogen-bond donors (Lipinski definition) is 0. The summed E-state index contributed by atoms with van der Waals surface area (Å²) in [6, 6.07) is 10.8. The second-order valence-corrected chi connectivity index (χ2v) is 5.08. The third kappa shape index (κ3) is 2.15. The quantitative estimate of drug-likeness (QED) is 0.676. The SMILES string of the molecule is COC(=O)c1cc(Cl)ccc1-c1cccc2nsnc12. The fraction of sp³-hybridized carbons (Fsp3) is 0.0714. The molecule has 0 fully saturated rings. The van der Waals surface area contributed by atoms with Crippen LogP contribution in [-0.2, 0) is 4.74 Å². The average molecular weight is 305 g/mol. The van der Waals surface area contributed by atoms with E-state index in [9.17, 15) is 4.79 Å². The summed E-state index contributed by atoms with van der Waals surface area (Å²) in [5.41, 5.74) is 3.57. The summed E-state index contributed by atoms with van der Waals surface area (Å²) >= 11 is 7.11. The van der Waals surface area contributed by atoms with E-state index in [-0.39, 0.29) is 0 Å². The molecule has 0 bridgehead atoms. The van der Waals surface area contributed by atoms with E-state index in [1.54, 1.807) is 18.2 Å². The minimum absolute atomic E-state index is 0.417. The van der Waals surface area contributed by atoms with E-state index in [1.165, 1.54) is 7.11 Å². The van der Waals surface area contributed by atoms with Gasteiger partial charge in [0.15, 0.2) is 0 Å². The van der Waals surface area contributed by atoms with Crippen molar-refractivity contribution < 1.29 is 9.53 Å². The first-order valence-electron chi connectivity index (χ1n) is 5.80. The van der Waals surface area contributed by atoms with Gasteiger partial charge in [-0.2, -0.15) is 8.75 Å². The maximum absolute atomic E-state index is 11.9. The van der Waals surface area contributed by atoms with Crippen molar-refractivity contribution >= 4 is 40.3 Å².